The third-order valence-corrected chi connectivity index (χ3v) is 3.59. The summed E-state index contributed by atoms with van der Waals surface area (Å²) in [7, 11) is 0. The molecule has 0 saturated heterocycles. The summed E-state index contributed by atoms with van der Waals surface area (Å²) in [5, 5.41) is 5.71. The molecule has 0 bridgehead atoms. The number of nitrogens with zero attached hydrogens (tertiary/aromatic N) is 1. The minimum Gasteiger partial charge on any atom is -0.355 e. The maximum absolute atomic E-state index is 13.2. The van der Waals surface area contributed by atoms with Gasteiger partial charge in [-0.05, 0) is 42.8 Å². The van der Waals surface area contributed by atoms with Gasteiger partial charge in [0.25, 0.3) is 5.91 Å². The second kappa shape index (κ2) is 7.09. The smallest absolute Gasteiger partial charge is 0.274 e. The van der Waals surface area contributed by atoms with Gasteiger partial charge in [-0.25, -0.2) is 8.78 Å². The van der Waals surface area contributed by atoms with Crippen molar-refractivity contribution >= 4 is 23.0 Å². The molecule has 126 valence electrons. The first kappa shape index (κ1) is 16.6. The van der Waals surface area contributed by atoms with Gasteiger partial charge in [-0.15, -0.1) is 0 Å². The highest BCUT2D eigenvalue weighted by molar-refractivity contribution is 6.03. The molecule has 0 aliphatic carbocycles. The largest absolute Gasteiger partial charge is 0.355 e. The van der Waals surface area contributed by atoms with Crippen LogP contribution in [0.25, 0.3) is 0 Å². The van der Waals surface area contributed by atoms with E-state index in [-0.39, 0.29) is 11.4 Å². The van der Waals surface area contributed by atoms with E-state index in [0.717, 1.165) is 23.4 Å². The second-order valence-corrected chi connectivity index (χ2v) is 5.45. The SMILES string of the molecule is Cc1ccccc1Nc1ccnc(C(=O)Nc2ccc(F)c(F)c2)c1. The lowest BCUT2D eigenvalue weighted by atomic mass is 10.2. The number of benzene rings is 2. The number of hydrogen-bond acceptors (Lipinski definition) is 3. The molecule has 0 aliphatic rings. The monoisotopic (exact) mass is 339 g/mol. The van der Waals surface area contributed by atoms with Gasteiger partial charge in [-0.2, -0.15) is 0 Å². The standard InChI is InChI=1S/C19H15F2N3O/c1-12-4-2-3-5-17(12)23-14-8-9-22-18(11-14)19(25)24-13-6-7-15(20)16(21)10-13/h2-11H,1H3,(H,22,23)(H,24,25). The number of rotatable bonds is 4. The lowest BCUT2D eigenvalue weighted by molar-refractivity contribution is 0.102. The molecule has 1 amide bonds. The van der Waals surface area contributed by atoms with Crippen LogP contribution in [-0.4, -0.2) is 10.9 Å². The van der Waals surface area contributed by atoms with Crippen LogP contribution in [-0.2, 0) is 0 Å². The quantitative estimate of drug-likeness (QED) is 0.727. The number of nitrogens with one attached hydrogen (secondary N) is 2. The zero-order valence-electron chi connectivity index (χ0n) is 13.4. The van der Waals surface area contributed by atoms with E-state index in [9.17, 15) is 13.6 Å². The van der Waals surface area contributed by atoms with Crippen LogP contribution in [0.3, 0.4) is 0 Å². The number of halogens is 2. The van der Waals surface area contributed by atoms with Crippen molar-refractivity contribution in [3.05, 3.63) is 83.7 Å². The van der Waals surface area contributed by atoms with Crippen molar-refractivity contribution in [1.29, 1.82) is 0 Å². The molecule has 2 N–H and O–H groups in total. The lowest BCUT2D eigenvalue weighted by Gasteiger charge is -2.10. The molecule has 3 rings (SSSR count). The summed E-state index contributed by atoms with van der Waals surface area (Å²) in [5.41, 5.74) is 2.98. The molecule has 1 aromatic heterocycles. The first-order chi connectivity index (χ1) is 12.0. The summed E-state index contributed by atoms with van der Waals surface area (Å²) in [5.74, 6) is -2.51. The van der Waals surface area contributed by atoms with Gasteiger partial charge in [-0.3, -0.25) is 9.78 Å². The third kappa shape index (κ3) is 3.98. The van der Waals surface area contributed by atoms with Crippen LogP contribution in [0.2, 0.25) is 0 Å². The van der Waals surface area contributed by atoms with E-state index in [1.807, 2.05) is 31.2 Å². The Morgan fingerprint density at radius 1 is 0.960 bits per heavy atom. The summed E-state index contributed by atoms with van der Waals surface area (Å²) >= 11 is 0. The lowest BCUT2D eigenvalue weighted by Crippen LogP contribution is -2.14. The van der Waals surface area contributed by atoms with E-state index in [2.05, 4.69) is 15.6 Å². The van der Waals surface area contributed by atoms with Gasteiger partial charge in [0, 0.05) is 29.3 Å². The third-order valence-electron chi connectivity index (χ3n) is 3.59. The van der Waals surface area contributed by atoms with Crippen LogP contribution in [0.15, 0.2) is 60.8 Å². The van der Waals surface area contributed by atoms with Gasteiger partial charge in [0.15, 0.2) is 11.6 Å². The van der Waals surface area contributed by atoms with Crippen LogP contribution < -0.4 is 10.6 Å². The molecule has 6 heteroatoms. The molecule has 0 radical (unpaired) electrons. The van der Waals surface area contributed by atoms with Crippen LogP contribution >= 0.6 is 0 Å². The number of aromatic nitrogens is 1. The number of amides is 1. The fourth-order valence-electron chi connectivity index (χ4n) is 2.27. The van der Waals surface area contributed by atoms with Crippen molar-refractivity contribution in [2.75, 3.05) is 10.6 Å². The Hall–Kier alpha value is -3.28. The van der Waals surface area contributed by atoms with Gasteiger partial charge in [0.2, 0.25) is 0 Å². The zero-order valence-corrected chi connectivity index (χ0v) is 13.4. The molecule has 0 unspecified atom stereocenters. The zero-order chi connectivity index (χ0) is 17.8. The maximum atomic E-state index is 13.2. The van der Waals surface area contributed by atoms with Gasteiger partial charge in [0.05, 0.1) is 0 Å². The molecule has 25 heavy (non-hydrogen) atoms. The van der Waals surface area contributed by atoms with E-state index in [1.54, 1.807) is 12.1 Å². The van der Waals surface area contributed by atoms with Gasteiger partial charge in [-0.1, -0.05) is 18.2 Å². The van der Waals surface area contributed by atoms with E-state index in [4.69, 9.17) is 0 Å². The Labute approximate surface area is 143 Å². The Bertz CT molecular complexity index is 928. The van der Waals surface area contributed by atoms with Crippen molar-refractivity contribution in [3.63, 3.8) is 0 Å². The fraction of sp³-hybridized carbons (Fsp3) is 0.0526. The number of hydrogen-bond donors (Lipinski definition) is 2. The van der Waals surface area contributed by atoms with E-state index < -0.39 is 17.5 Å². The van der Waals surface area contributed by atoms with E-state index >= 15 is 0 Å². The minimum atomic E-state index is -1.03. The van der Waals surface area contributed by atoms with Gasteiger partial charge >= 0.3 is 0 Å². The molecule has 0 aliphatic heterocycles. The Kier molecular flexibility index (Phi) is 4.70. The number of anilines is 3. The summed E-state index contributed by atoms with van der Waals surface area (Å²) in [4.78, 5) is 16.3. The highest BCUT2D eigenvalue weighted by Crippen LogP contribution is 2.20. The first-order valence-corrected chi connectivity index (χ1v) is 7.58. The molecular weight excluding hydrogens is 324 g/mol. The number of aryl methyl sites for hydroxylation is 1. The number of carbonyl (C=O) groups is 1. The van der Waals surface area contributed by atoms with Gasteiger partial charge < -0.3 is 10.6 Å². The second-order valence-electron chi connectivity index (χ2n) is 5.45. The number of carbonyl (C=O) groups excluding carboxylic acids is 1. The normalized spacial score (nSPS) is 10.4. The van der Waals surface area contributed by atoms with E-state index in [1.165, 1.54) is 12.3 Å². The van der Waals surface area contributed by atoms with Crippen molar-refractivity contribution in [1.82, 2.24) is 4.98 Å². The molecular formula is C19H15F2N3O. The maximum Gasteiger partial charge on any atom is 0.274 e. The van der Waals surface area contributed by atoms with Crippen molar-refractivity contribution < 1.29 is 13.6 Å². The van der Waals surface area contributed by atoms with Crippen LogP contribution in [0.1, 0.15) is 16.1 Å². The molecule has 3 aromatic rings. The summed E-state index contributed by atoms with van der Waals surface area (Å²) < 4.78 is 26.2. The molecule has 1 heterocycles. The van der Waals surface area contributed by atoms with Crippen molar-refractivity contribution in [2.45, 2.75) is 6.92 Å². The van der Waals surface area contributed by atoms with Crippen molar-refractivity contribution in [3.8, 4) is 0 Å². The topological polar surface area (TPSA) is 54.0 Å². The summed E-state index contributed by atoms with van der Waals surface area (Å²) in [6.45, 7) is 1.97. The average Bonchev–Trinajstić information content (AvgIpc) is 2.60. The number of para-hydroxylation sites is 1. The Morgan fingerprint density at radius 2 is 1.76 bits per heavy atom. The van der Waals surface area contributed by atoms with E-state index in [0.29, 0.717) is 5.69 Å². The Morgan fingerprint density at radius 3 is 2.52 bits per heavy atom. The van der Waals surface area contributed by atoms with Crippen LogP contribution in [0.4, 0.5) is 25.8 Å². The van der Waals surface area contributed by atoms with Crippen molar-refractivity contribution in [2.24, 2.45) is 0 Å². The average molecular weight is 339 g/mol. The molecule has 4 nitrogen and oxygen atoms in total. The molecule has 2 aromatic carbocycles. The minimum absolute atomic E-state index is 0.156. The number of pyridine rings is 1. The van der Waals surface area contributed by atoms with Crippen LogP contribution in [0, 0.1) is 18.6 Å². The molecule has 0 spiro atoms. The molecule has 0 fully saturated rings. The predicted molar refractivity (Wildman–Crippen MR) is 93.0 cm³/mol. The summed E-state index contributed by atoms with van der Waals surface area (Å²) in [6, 6.07) is 14.2. The van der Waals surface area contributed by atoms with Crippen LogP contribution in [0.5, 0.6) is 0 Å². The molecule has 0 atom stereocenters. The first-order valence-electron chi connectivity index (χ1n) is 7.58. The Balaban J connectivity index is 1.77. The summed E-state index contributed by atoms with van der Waals surface area (Å²) in [6.07, 6.45) is 1.50. The highest BCUT2D eigenvalue weighted by Gasteiger charge is 2.11. The fourth-order valence-corrected chi connectivity index (χ4v) is 2.27. The molecule has 0 saturated carbocycles. The van der Waals surface area contributed by atoms with Gasteiger partial charge in [0.1, 0.15) is 5.69 Å². The predicted octanol–water partition coefficient (Wildman–Crippen LogP) is 4.66. The highest BCUT2D eigenvalue weighted by atomic mass is 19.2.